The summed E-state index contributed by atoms with van der Waals surface area (Å²) in [6.07, 6.45) is 4.87. The molecule has 3 aliphatic carbocycles. The van der Waals surface area contributed by atoms with Crippen molar-refractivity contribution < 1.29 is 24.5 Å². The summed E-state index contributed by atoms with van der Waals surface area (Å²) in [7, 11) is 0. The molecular weight excluding hydrogens is 308 g/mol. The molecule has 0 amide bonds. The van der Waals surface area contributed by atoms with Crippen LogP contribution in [0.1, 0.15) is 32.6 Å². The highest BCUT2D eigenvalue weighted by Gasteiger charge is 2.80. The summed E-state index contributed by atoms with van der Waals surface area (Å²) in [5.41, 5.74) is -1.52. The number of aliphatic hydroxyl groups excluding tert-OH is 1. The van der Waals surface area contributed by atoms with Crippen LogP contribution >= 0.6 is 0 Å². The number of carbonyl (C=O) groups excluding carboxylic acids is 1. The summed E-state index contributed by atoms with van der Waals surface area (Å²) in [4.78, 5) is 24.9. The van der Waals surface area contributed by atoms with Crippen molar-refractivity contribution in [3.8, 4) is 0 Å². The minimum Gasteiger partial charge on any atom is -0.481 e. The van der Waals surface area contributed by atoms with Gasteiger partial charge in [0.15, 0.2) is 0 Å². The fourth-order valence-electron chi connectivity index (χ4n) is 6.67. The predicted octanol–water partition coefficient (Wildman–Crippen LogP) is 2.16. The number of carboxylic acids is 1. The molecular formula is C19H24O5. The van der Waals surface area contributed by atoms with Crippen LogP contribution in [-0.2, 0) is 14.3 Å². The Bertz CT molecular complexity index is 669. The number of fused-ring (bicyclic) bond motifs is 3. The number of aliphatic hydroxyl groups is 1. The number of ether oxygens (including phenoxy) is 1. The summed E-state index contributed by atoms with van der Waals surface area (Å²) >= 11 is 0. The smallest absolute Gasteiger partial charge is 0.315 e. The van der Waals surface area contributed by atoms with Crippen LogP contribution in [0.15, 0.2) is 24.8 Å². The molecule has 7 unspecified atom stereocenters. The van der Waals surface area contributed by atoms with Crippen LogP contribution in [0.25, 0.3) is 0 Å². The number of hydrogen-bond donors (Lipinski definition) is 2. The van der Waals surface area contributed by atoms with Crippen molar-refractivity contribution in [3.05, 3.63) is 24.8 Å². The Hall–Kier alpha value is -1.62. The first-order valence-corrected chi connectivity index (χ1v) is 8.65. The highest BCUT2D eigenvalue weighted by molar-refractivity contribution is 5.84. The zero-order valence-electron chi connectivity index (χ0n) is 14.0. The van der Waals surface area contributed by atoms with Crippen LogP contribution in [0, 0.1) is 34.5 Å². The second-order valence-corrected chi connectivity index (χ2v) is 8.42. The van der Waals surface area contributed by atoms with E-state index in [1.807, 2.05) is 0 Å². The highest BCUT2D eigenvalue weighted by Crippen LogP contribution is 2.75. The van der Waals surface area contributed by atoms with Crippen molar-refractivity contribution in [1.82, 2.24) is 0 Å². The van der Waals surface area contributed by atoms with E-state index in [1.54, 1.807) is 13.0 Å². The molecule has 130 valence electrons. The maximum absolute atomic E-state index is 12.6. The van der Waals surface area contributed by atoms with Crippen LogP contribution < -0.4 is 0 Å². The summed E-state index contributed by atoms with van der Waals surface area (Å²) in [5.74, 6) is -2.43. The number of carboxylic acid groups (broad SMARTS) is 1. The lowest BCUT2D eigenvalue weighted by Crippen LogP contribution is -2.45. The number of aliphatic carboxylic acids is 1. The first-order chi connectivity index (χ1) is 11.3. The molecule has 4 rings (SSSR count). The Labute approximate surface area is 141 Å². The topological polar surface area (TPSA) is 83.8 Å². The van der Waals surface area contributed by atoms with Crippen LogP contribution in [-0.4, -0.2) is 34.4 Å². The molecule has 3 saturated carbocycles. The molecule has 4 aliphatic rings. The first-order valence-electron chi connectivity index (χ1n) is 8.65. The molecule has 5 heteroatoms. The van der Waals surface area contributed by atoms with E-state index in [2.05, 4.69) is 13.2 Å². The molecule has 0 radical (unpaired) electrons. The third-order valence-corrected chi connectivity index (χ3v) is 7.58. The Morgan fingerprint density at radius 1 is 1.46 bits per heavy atom. The van der Waals surface area contributed by atoms with Crippen LogP contribution in [0.4, 0.5) is 0 Å². The molecule has 7 atom stereocenters. The number of allylic oxidation sites excluding steroid dienone is 1. The average Bonchev–Trinajstić information content (AvgIpc) is 3.03. The summed E-state index contributed by atoms with van der Waals surface area (Å²) < 4.78 is 5.85. The lowest BCUT2D eigenvalue weighted by molar-refractivity contribution is -0.160. The van der Waals surface area contributed by atoms with E-state index in [4.69, 9.17) is 4.74 Å². The predicted molar refractivity (Wildman–Crippen MR) is 85.8 cm³/mol. The number of esters is 1. The SMILES string of the molecule is C=CC12OC(=O)C(C)(CO)C1C(C(=O)O)C13CC(=C)C(CCC12)C3. The lowest BCUT2D eigenvalue weighted by Gasteiger charge is -2.42. The standard InChI is InChI=1S/C19H24O5/c1-4-19-12-6-5-11-8-18(12,7-10(11)2)13(15(21)22)14(19)17(3,9-20)16(23)24-19/h4,11-14,20H,1-2,5-9H2,3H3,(H,21,22). The van der Waals surface area contributed by atoms with Crippen LogP contribution in [0.5, 0.6) is 0 Å². The van der Waals surface area contributed by atoms with Gasteiger partial charge >= 0.3 is 11.9 Å². The van der Waals surface area contributed by atoms with E-state index >= 15 is 0 Å². The van der Waals surface area contributed by atoms with Crippen molar-refractivity contribution in [1.29, 1.82) is 0 Å². The number of carbonyl (C=O) groups is 2. The Morgan fingerprint density at radius 3 is 2.75 bits per heavy atom. The molecule has 1 saturated heterocycles. The van der Waals surface area contributed by atoms with Gasteiger partial charge < -0.3 is 14.9 Å². The molecule has 1 heterocycles. The van der Waals surface area contributed by atoms with Crippen molar-refractivity contribution in [2.45, 2.75) is 38.2 Å². The van der Waals surface area contributed by atoms with E-state index in [9.17, 15) is 19.8 Å². The largest absolute Gasteiger partial charge is 0.481 e. The Kier molecular flexibility index (Phi) is 2.98. The minimum atomic E-state index is -1.21. The molecule has 2 N–H and O–H groups in total. The van der Waals surface area contributed by atoms with Crippen LogP contribution in [0.2, 0.25) is 0 Å². The normalized spacial score (nSPS) is 51.9. The first kappa shape index (κ1) is 15.9. The van der Waals surface area contributed by atoms with Gasteiger partial charge in [-0.25, -0.2) is 0 Å². The van der Waals surface area contributed by atoms with Gasteiger partial charge in [0.1, 0.15) is 5.60 Å². The van der Waals surface area contributed by atoms with Gasteiger partial charge in [0.05, 0.1) is 17.9 Å². The van der Waals surface area contributed by atoms with Gasteiger partial charge in [-0.15, -0.1) is 0 Å². The zero-order valence-corrected chi connectivity index (χ0v) is 14.0. The summed E-state index contributed by atoms with van der Waals surface area (Å²) in [6.45, 7) is 9.32. The molecule has 4 fully saturated rings. The quantitative estimate of drug-likeness (QED) is 0.611. The third kappa shape index (κ3) is 1.46. The maximum atomic E-state index is 12.6. The second kappa shape index (κ2) is 4.51. The monoisotopic (exact) mass is 332 g/mol. The van der Waals surface area contributed by atoms with E-state index < -0.39 is 46.8 Å². The van der Waals surface area contributed by atoms with E-state index in [0.29, 0.717) is 12.3 Å². The molecule has 1 spiro atoms. The van der Waals surface area contributed by atoms with Crippen molar-refractivity contribution >= 4 is 11.9 Å². The molecule has 5 nitrogen and oxygen atoms in total. The Morgan fingerprint density at radius 2 is 2.17 bits per heavy atom. The Balaban J connectivity index is 1.97. The fraction of sp³-hybridized carbons (Fsp3) is 0.684. The van der Waals surface area contributed by atoms with Crippen molar-refractivity contribution in [2.24, 2.45) is 34.5 Å². The molecule has 0 aromatic carbocycles. The van der Waals surface area contributed by atoms with Gasteiger partial charge in [-0.1, -0.05) is 18.7 Å². The molecule has 2 bridgehead atoms. The van der Waals surface area contributed by atoms with E-state index in [0.717, 1.165) is 24.8 Å². The molecule has 0 aromatic rings. The van der Waals surface area contributed by atoms with E-state index in [1.165, 1.54) is 0 Å². The van der Waals surface area contributed by atoms with Gasteiger partial charge in [-0.05, 0) is 50.0 Å². The summed E-state index contributed by atoms with van der Waals surface area (Å²) in [6, 6.07) is 0. The summed E-state index contributed by atoms with van der Waals surface area (Å²) in [5, 5.41) is 20.1. The fourth-order valence-corrected chi connectivity index (χ4v) is 6.67. The molecule has 0 aromatic heterocycles. The van der Waals surface area contributed by atoms with Gasteiger partial charge in [0.25, 0.3) is 0 Å². The minimum absolute atomic E-state index is 0.0681. The highest BCUT2D eigenvalue weighted by atomic mass is 16.6. The van der Waals surface area contributed by atoms with Crippen molar-refractivity contribution in [3.63, 3.8) is 0 Å². The average molecular weight is 332 g/mol. The van der Waals surface area contributed by atoms with Crippen molar-refractivity contribution in [2.75, 3.05) is 6.61 Å². The molecule has 24 heavy (non-hydrogen) atoms. The third-order valence-electron chi connectivity index (χ3n) is 7.58. The maximum Gasteiger partial charge on any atom is 0.315 e. The van der Waals surface area contributed by atoms with E-state index in [-0.39, 0.29) is 5.92 Å². The number of hydrogen-bond acceptors (Lipinski definition) is 4. The number of rotatable bonds is 3. The van der Waals surface area contributed by atoms with Gasteiger partial charge in [-0.2, -0.15) is 0 Å². The van der Waals surface area contributed by atoms with Crippen LogP contribution in [0.3, 0.4) is 0 Å². The lowest BCUT2D eigenvalue weighted by atomic mass is 9.62. The van der Waals surface area contributed by atoms with Gasteiger partial charge in [0.2, 0.25) is 0 Å². The van der Waals surface area contributed by atoms with Gasteiger partial charge in [-0.3, -0.25) is 9.59 Å². The second-order valence-electron chi connectivity index (χ2n) is 8.42. The zero-order chi connectivity index (χ0) is 17.5. The molecule has 1 aliphatic heterocycles. The van der Waals surface area contributed by atoms with Gasteiger partial charge in [0, 0.05) is 11.8 Å².